The van der Waals surface area contributed by atoms with Gasteiger partial charge in [-0.15, -0.1) is 0 Å². The minimum atomic E-state index is -1.13. The normalized spacial score (nSPS) is 12.0. The second kappa shape index (κ2) is 6.75. The van der Waals surface area contributed by atoms with E-state index in [9.17, 15) is 14.3 Å². The smallest absolute Gasteiger partial charge is 0.331 e. The topological polar surface area (TPSA) is 53.1 Å². The number of H-pyrrole nitrogens is 1. The average molecular weight is 355 g/mol. The number of fused-ring (bicyclic) bond motifs is 1. The van der Waals surface area contributed by atoms with Crippen LogP contribution in [0.1, 0.15) is 30.0 Å². The molecule has 26 heavy (non-hydrogen) atoms. The molecule has 0 aliphatic rings. The van der Waals surface area contributed by atoms with E-state index in [1.165, 1.54) is 19.9 Å². The molecule has 134 valence electrons. The zero-order chi connectivity index (χ0) is 19.0. The molecule has 0 fully saturated rings. The Bertz CT molecular complexity index is 1020. The quantitative estimate of drug-likeness (QED) is 0.598. The minimum Gasteiger partial charge on any atom is -0.478 e. The third-order valence-corrected chi connectivity index (χ3v) is 4.71. The van der Waals surface area contributed by atoms with E-state index in [0.29, 0.717) is 5.56 Å². The monoisotopic (exact) mass is 355 g/mol. The number of carbonyl (C=O) groups is 1. The van der Waals surface area contributed by atoms with Crippen LogP contribution in [0.3, 0.4) is 0 Å². The van der Waals surface area contributed by atoms with Crippen molar-refractivity contribution < 1.29 is 18.7 Å². The van der Waals surface area contributed by atoms with Crippen LogP contribution in [0.2, 0.25) is 0 Å². The summed E-state index contributed by atoms with van der Waals surface area (Å²) in [6, 6.07) is 7.24. The Morgan fingerprint density at radius 3 is 2.54 bits per heavy atom. The molecule has 3 rings (SSSR count). The number of nitrogens with one attached hydrogen (secondary N) is 1. The second-order valence-corrected chi connectivity index (χ2v) is 6.27. The summed E-state index contributed by atoms with van der Waals surface area (Å²) in [6.45, 7) is 4.65. The van der Waals surface area contributed by atoms with E-state index >= 15 is 4.39 Å². The summed E-state index contributed by atoms with van der Waals surface area (Å²) in [4.78, 5) is 14.3. The highest BCUT2D eigenvalue weighted by Crippen LogP contribution is 2.35. The van der Waals surface area contributed by atoms with Crippen molar-refractivity contribution in [3.63, 3.8) is 0 Å². The first kappa shape index (κ1) is 17.9. The van der Waals surface area contributed by atoms with Gasteiger partial charge in [-0.25, -0.2) is 13.6 Å². The van der Waals surface area contributed by atoms with Gasteiger partial charge in [0, 0.05) is 28.4 Å². The summed E-state index contributed by atoms with van der Waals surface area (Å²) < 4.78 is 30.1. The first-order valence-electron chi connectivity index (χ1n) is 8.34. The van der Waals surface area contributed by atoms with Crippen molar-refractivity contribution in [2.45, 2.75) is 27.2 Å². The van der Waals surface area contributed by atoms with Crippen molar-refractivity contribution in [2.75, 3.05) is 0 Å². The van der Waals surface area contributed by atoms with E-state index in [0.717, 1.165) is 10.9 Å². The summed E-state index contributed by atoms with van der Waals surface area (Å²) in [6.07, 6.45) is 3.23. The van der Waals surface area contributed by atoms with E-state index in [4.69, 9.17) is 0 Å². The van der Waals surface area contributed by atoms with Crippen LogP contribution in [-0.4, -0.2) is 16.1 Å². The van der Waals surface area contributed by atoms with Gasteiger partial charge in [0.2, 0.25) is 0 Å². The molecule has 0 amide bonds. The number of carboxylic acid groups (broad SMARTS) is 1. The lowest BCUT2D eigenvalue weighted by molar-refractivity contribution is -0.132. The van der Waals surface area contributed by atoms with Crippen molar-refractivity contribution in [3.05, 3.63) is 64.4 Å². The van der Waals surface area contributed by atoms with Crippen molar-refractivity contribution >= 4 is 22.9 Å². The summed E-state index contributed by atoms with van der Waals surface area (Å²) in [5.74, 6) is -2.27. The maximum Gasteiger partial charge on any atom is 0.331 e. The second-order valence-electron chi connectivity index (χ2n) is 6.27. The number of hydrogen-bond acceptors (Lipinski definition) is 1. The molecule has 1 aromatic heterocycles. The van der Waals surface area contributed by atoms with Crippen molar-refractivity contribution in [3.8, 4) is 11.1 Å². The molecule has 0 aliphatic carbocycles. The lowest BCUT2D eigenvalue weighted by atomic mass is 9.91. The van der Waals surface area contributed by atoms with Crippen LogP contribution in [0, 0.1) is 25.5 Å². The Morgan fingerprint density at radius 1 is 1.15 bits per heavy atom. The Labute approximate surface area is 150 Å². The van der Waals surface area contributed by atoms with Crippen LogP contribution >= 0.6 is 0 Å². The van der Waals surface area contributed by atoms with Crippen LogP contribution in [-0.2, 0) is 4.79 Å². The minimum absolute atomic E-state index is 0.00859. The van der Waals surface area contributed by atoms with Gasteiger partial charge < -0.3 is 10.1 Å². The third kappa shape index (κ3) is 2.90. The Balaban J connectivity index is 2.25. The fraction of sp³-hybridized carbons (Fsp3) is 0.190. The number of halogens is 2. The fourth-order valence-corrected chi connectivity index (χ4v) is 3.16. The van der Waals surface area contributed by atoms with Crippen LogP contribution in [0.15, 0.2) is 36.0 Å². The molecule has 0 bridgehead atoms. The van der Waals surface area contributed by atoms with Gasteiger partial charge >= 0.3 is 5.97 Å². The molecule has 0 aliphatic heterocycles. The predicted octanol–water partition coefficient (Wildman–Crippen LogP) is 5.61. The van der Waals surface area contributed by atoms with Gasteiger partial charge in [-0.2, -0.15) is 0 Å². The molecular weight excluding hydrogens is 336 g/mol. The highest BCUT2D eigenvalue weighted by molar-refractivity contribution is 5.93. The Morgan fingerprint density at radius 2 is 1.88 bits per heavy atom. The molecule has 0 saturated heterocycles. The highest BCUT2D eigenvalue weighted by atomic mass is 19.1. The first-order valence-corrected chi connectivity index (χ1v) is 8.34. The number of aromatic nitrogens is 1. The molecule has 3 nitrogen and oxygen atoms in total. The van der Waals surface area contributed by atoms with Gasteiger partial charge in [0.1, 0.15) is 11.6 Å². The summed E-state index contributed by atoms with van der Waals surface area (Å²) in [5.41, 5.74) is 1.99. The molecule has 2 N–H and O–H groups in total. The molecule has 3 aromatic rings. The molecule has 1 heterocycles. The van der Waals surface area contributed by atoms with E-state index in [-0.39, 0.29) is 34.2 Å². The van der Waals surface area contributed by atoms with E-state index in [2.05, 4.69) is 4.98 Å². The van der Waals surface area contributed by atoms with Gasteiger partial charge in [0.15, 0.2) is 0 Å². The van der Waals surface area contributed by atoms with Crippen LogP contribution in [0.25, 0.3) is 28.1 Å². The molecule has 0 atom stereocenters. The number of aromatic amines is 1. The first-order chi connectivity index (χ1) is 12.3. The molecular formula is C21H19F2NO2. The van der Waals surface area contributed by atoms with Crippen LogP contribution in [0.4, 0.5) is 8.78 Å². The maximum atomic E-state index is 15.1. The fourth-order valence-electron chi connectivity index (χ4n) is 3.16. The lowest BCUT2D eigenvalue weighted by Gasteiger charge is -2.15. The Hall–Kier alpha value is -2.95. The molecule has 0 radical (unpaired) electrons. The van der Waals surface area contributed by atoms with E-state index < -0.39 is 17.6 Å². The van der Waals surface area contributed by atoms with Crippen molar-refractivity contribution in [1.29, 1.82) is 0 Å². The zero-order valence-electron chi connectivity index (χ0n) is 14.8. The Kier molecular flexibility index (Phi) is 4.64. The predicted molar refractivity (Wildman–Crippen MR) is 99.0 cm³/mol. The SMILES string of the molecule is CCC(=Cc1c(C)c(F)c(-c2ccc3[nH]ccc3c2)c(C)c1F)C(=O)O. The third-order valence-electron chi connectivity index (χ3n) is 4.71. The number of hydrogen-bond donors (Lipinski definition) is 2. The summed E-state index contributed by atoms with van der Waals surface area (Å²) >= 11 is 0. The summed E-state index contributed by atoms with van der Waals surface area (Å²) in [7, 11) is 0. The van der Waals surface area contributed by atoms with Gasteiger partial charge in [-0.3, -0.25) is 0 Å². The molecule has 0 saturated carbocycles. The number of benzene rings is 2. The largest absolute Gasteiger partial charge is 0.478 e. The van der Waals surface area contributed by atoms with Crippen LogP contribution < -0.4 is 0 Å². The van der Waals surface area contributed by atoms with Crippen molar-refractivity contribution in [2.24, 2.45) is 0 Å². The van der Waals surface area contributed by atoms with E-state index in [1.807, 2.05) is 12.1 Å². The highest BCUT2D eigenvalue weighted by Gasteiger charge is 2.21. The summed E-state index contributed by atoms with van der Waals surface area (Å²) in [5, 5.41) is 10.1. The van der Waals surface area contributed by atoms with Gasteiger partial charge in [-0.05, 0) is 66.6 Å². The maximum absolute atomic E-state index is 15.1. The van der Waals surface area contributed by atoms with Crippen LogP contribution in [0.5, 0.6) is 0 Å². The lowest BCUT2D eigenvalue weighted by Crippen LogP contribution is -2.04. The van der Waals surface area contributed by atoms with Gasteiger partial charge in [-0.1, -0.05) is 13.0 Å². The average Bonchev–Trinajstić information content (AvgIpc) is 3.08. The van der Waals surface area contributed by atoms with E-state index in [1.54, 1.807) is 25.3 Å². The zero-order valence-corrected chi connectivity index (χ0v) is 14.8. The number of carboxylic acids is 1. The molecule has 0 spiro atoms. The van der Waals surface area contributed by atoms with Gasteiger partial charge in [0.25, 0.3) is 0 Å². The molecule has 2 aromatic carbocycles. The van der Waals surface area contributed by atoms with Crippen molar-refractivity contribution in [1.82, 2.24) is 4.98 Å². The molecule has 0 unspecified atom stereocenters. The van der Waals surface area contributed by atoms with Gasteiger partial charge in [0.05, 0.1) is 0 Å². The number of rotatable bonds is 4. The number of aliphatic carboxylic acids is 1. The standard InChI is InChI=1S/C21H19F2NO2/c1-4-13(21(25)26)10-16-11(2)20(23)18(12(3)19(16)22)15-5-6-17-14(9-15)7-8-24-17/h5-10,24H,4H2,1-3H3,(H,25,26). The molecule has 5 heteroatoms.